The van der Waals surface area contributed by atoms with Crippen LogP contribution in [0.1, 0.15) is 40.2 Å². The van der Waals surface area contributed by atoms with Gasteiger partial charge in [0.25, 0.3) is 0 Å². The smallest absolute Gasteiger partial charge is 0.408 e. The van der Waals surface area contributed by atoms with Crippen LogP contribution in [0.25, 0.3) is 11.0 Å². The molecule has 0 saturated heterocycles. The van der Waals surface area contributed by atoms with Crippen molar-refractivity contribution in [3.05, 3.63) is 54.1 Å². The second-order valence-corrected chi connectivity index (χ2v) is 14.4. The number of nitrogens with zero attached hydrogens (tertiary/aromatic N) is 2. The molecule has 3 atom stereocenters. The van der Waals surface area contributed by atoms with E-state index in [1.165, 1.54) is 18.2 Å². The number of fused-ring (bicyclic) bond motifs is 1. The Morgan fingerprint density at radius 3 is 2.27 bits per heavy atom. The number of H-pyrrole nitrogens is 1. The van der Waals surface area contributed by atoms with E-state index in [0.717, 1.165) is 16.7 Å². The molecule has 2 aromatic carbocycles. The van der Waals surface area contributed by atoms with E-state index < -0.39 is 56.2 Å². The summed E-state index contributed by atoms with van der Waals surface area (Å²) in [6.07, 6.45) is -3.94. The van der Waals surface area contributed by atoms with Crippen LogP contribution in [0.4, 0.5) is 10.7 Å². The number of aliphatic hydroxyl groups excluding tert-OH is 1. The maximum atomic E-state index is 13.5. The number of sulfonamides is 2. The maximum Gasteiger partial charge on any atom is 0.408 e. The molecule has 5 N–H and O–H groups in total. The van der Waals surface area contributed by atoms with Crippen molar-refractivity contribution in [2.24, 2.45) is 0 Å². The number of aromatic amines is 1. The van der Waals surface area contributed by atoms with Gasteiger partial charge in [0.2, 0.25) is 26.0 Å². The van der Waals surface area contributed by atoms with E-state index in [-0.39, 0.29) is 22.8 Å². The monoisotopic (exact) mass is 611 g/mol. The number of hydrogen-bond donors (Lipinski definition) is 5. The minimum Gasteiger partial charge on any atom is -0.465 e. The van der Waals surface area contributed by atoms with Gasteiger partial charge in [-0.25, -0.2) is 26.6 Å². The second kappa shape index (κ2) is 12.3. The van der Waals surface area contributed by atoms with Crippen molar-refractivity contribution in [1.82, 2.24) is 19.6 Å². The van der Waals surface area contributed by atoms with Crippen LogP contribution in [0.5, 0.6) is 0 Å². The van der Waals surface area contributed by atoms with E-state index in [1.807, 2.05) is 6.07 Å². The molecule has 15 heteroatoms. The summed E-state index contributed by atoms with van der Waals surface area (Å²) in [4.78, 5) is 20.1. The first-order chi connectivity index (χ1) is 18.9. The van der Waals surface area contributed by atoms with Crippen molar-refractivity contribution in [3.63, 3.8) is 0 Å². The van der Waals surface area contributed by atoms with Gasteiger partial charge in [-0.05, 0) is 64.8 Å². The molecule has 3 unspecified atom stereocenters. The molecule has 3 aromatic rings. The molecule has 0 saturated carbocycles. The van der Waals surface area contributed by atoms with Gasteiger partial charge in [0.15, 0.2) is 0 Å². The highest BCUT2D eigenvalue weighted by Gasteiger charge is 2.42. The average Bonchev–Trinajstić information content (AvgIpc) is 3.21. The van der Waals surface area contributed by atoms with Crippen molar-refractivity contribution in [1.29, 1.82) is 0 Å². The van der Waals surface area contributed by atoms with Crippen LogP contribution in [0.2, 0.25) is 0 Å². The Kier molecular flexibility index (Phi) is 9.70. The fourth-order valence-electron chi connectivity index (χ4n) is 4.42. The van der Waals surface area contributed by atoms with Crippen LogP contribution >= 0.6 is 0 Å². The summed E-state index contributed by atoms with van der Waals surface area (Å²) >= 11 is 0. The van der Waals surface area contributed by atoms with Crippen molar-refractivity contribution in [2.75, 3.05) is 11.0 Å². The van der Waals surface area contributed by atoms with Gasteiger partial charge in [-0.1, -0.05) is 30.3 Å². The molecule has 0 fully saturated rings. The van der Waals surface area contributed by atoms with Crippen LogP contribution in [0, 0.1) is 0 Å². The molecule has 41 heavy (non-hydrogen) atoms. The number of anilines is 1. The van der Waals surface area contributed by atoms with Crippen LogP contribution in [-0.2, 0) is 31.2 Å². The minimum absolute atomic E-state index is 0.0823. The lowest BCUT2D eigenvalue weighted by atomic mass is 9.94. The fourth-order valence-corrected chi connectivity index (χ4v) is 6.03. The highest BCUT2D eigenvalue weighted by Crippen LogP contribution is 2.26. The number of ether oxygens (including phenoxy) is 1. The second-order valence-electron chi connectivity index (χ2n) is 10.9. The summed E-state index contributed by atoms with van der Waals surface area (Å²) in [5.41, 5.74) is 0.348. The van der Waals surface area contributed by atoms with Gasteiger partial charge in [-0.3, -0.25) is 9.62 Å². The summed E-state index contributed by atoms with van der Waals surface area (Å²) in [7, 11) is -7.96. The molecule has 0 aliphatic rings. The molecule has 1 aromatic heterocycles. The molecule has 0 bridgehead atoms. The predicted molar refractivity (Wildman–Crippen MR) is 154 cm³/mol. The van der Waals surface area contributed by atoms with Gasteiger partial charge in [0, 0.05) is 5.54 Å². The summed E-state index contributed by atoms with van der Waals surface area (Å²) in [6, 6.07) is 11.8. The molecule has 0 aliphatic carbocycles. The predicted octanol–water partition coefficient (Wildman–Crippen LogP) is 2.71. The van der Waals surface area contributed by atoms with Crippen molar-refractivity contribution in [2.45, 2.75) is 76.0 Å². The standard InChI is InChI=1S/C26H37N5O8S2/c1-16(2)39-23(22(32)21(14-17-10-8-7-9-11-17)31(25(33)34)26(3,4)5)29-41(37,38)18-12-13-19-20(15-18)28-24(27-19)30-40(6,35)36/h7-13,15-16,21-23,29,32H,14H2,1-6H3,(H,33,34)(H2,27,28,30). The van der Waals surface area contributed by atoms with Gasteiger partial charge in [-0.15, -0.1) is 0 Å². The Morgan fingerprint density at radius 2 is 1.73 bits per heavy atom. The van der Waals surface area contributed by atoms with Crippen LogP contribution in [0.15, 0.2) is 53.4 Å². The molecule has 3 rings (SSSR count). The first-order valence-corrected chi connectivity index (χ1v) is 16.1. The number of hydrogen-bond acceptors (Lipinski definition) is 8. The number of carboxylic acid groups (broad SMARTS) is 1. The molecule has 1 amide bonds. The molecule has 0 aliphatic heterocycles. The lowest BCUT2D eigenvalue weighted by molar-refractivity contribution is -0.104. The van der Waals surface area contributed by atoms with Crippen LogP contribution < -0.4 is 9.44 Å². The van der Waals surface area contributed by atoms with Gasteiger partial charge >= 0.3 is 6.09 Å². The summed E-state index contributed by atoms with van der Waals surface area (Å²) in [5, 5.41) is 21.8. The normalized spacial score (nSPS) is 15.0. The first kappa shape index (κ1) is 32.3. The summed E-state index contributed by atoms with van der Waals surface area (Å²) in [6.45, 7) is 8.36. The summed E-state index contributed by atoms with van der Waals surface area (Å²) < 4.78 is 60.5. The quantitative estimate of drug-likeness (QED) is 0.192. The number of imidazole rings is 1. The third kappa shape index (κ3) is 8.63. The largest absolute Gasteiger partial charge is 0.465 e. The number of aromatic nitrogens is 2. The van der Waals surface area contributed by atoms with Crippen LogP contribution in [0.3, 0.4) is 0 Å². The van der Waals surface area contributed by atoms with E-state index in [4.69, 9.17) is 4.74 Å². The van der Waals surface area contributed by atoms with Gasteiger partial charge in [0.05, 0.1) is 34.3 Å². The highest BCUT2D eigenvalue weighted by molar-refractivity contribution is 7.92. The van der Waals surface area contributed by atoms with E-state index >= 15 is 0 Å². The Balaban J connectivity index is 2.00. The number of amides is 1. The lowest BCUT2D eigenvalue weighted by Gasteiger charge is -2.43. The Hall–Kier alpha value is -3.24. The number of nitrogens with one attached hydrogen (secondary N) is 3. The maximum absolute atomic E-state index is 13.5. The fraction of sp³-hybridized carbons (Fsp3) is 0.462. The molecule has 226 valence electrons. The number of benzene rings is 2. The SMILES string of the molecule is CC(C)OC(NS(=O)(=O)c1ccc2nc(NS(C)(=O)=O)[nH]c2c1)C(O)C(Cc1ccccc1)N(C(=O)O)C(C)(C)C. The zero-order chi connectivity index (χ0) is 30.8. The minimum atomic E-state index is -4.34. The van der Waals surface area contributed by atoms with Gasteiger partial charge in [-0.2, -0.15) is 4.72 Å². The number of carbonyl (C=O) groups is 1. The first-order valence-electron chi connectivity index (χ1n) is 12.8. The molecular weight excluding hydrogens is 574 g/mol. The highest BCUT2D eigenvalue weighted by atomic mass is 32.2. The van der Waals surface area contributed by atoms with E-state index in [9.17, 15) is 31.8 Å². The van der Waals surface area contributed by atoms with Crippen molar-refractivity contribution < 1.29 is 36.6 Å². The topological polar surface area (TPSA) is 191 Å². The third-order valence-corrected chi connectivity index (χ3v) is 7.97. The van der Waals surface area contributed by atoms with E-state index in [0.29, 0.717) is 5.52 Å². The molecule has 0 spiro atoms. The average molecular weight is 612 g/mol. The van der Waals surface area contributed by atoms with E-state index in [1.54, 1.807) is 58.9 Å². The Labute approximate surface area is 240 Å². The molecule has 13 nitrogen and oxygen atoms in total. The zero-order valence-corrected chi connectivity index (χ0v) is 25.3. The van der Waals surface area contributed by atoms with Gasteiger partial charge < -0.3 is 19.9 Å². The van der Waals surface area contributed by atoms with Gasteiger partial charge in [0.1, 0.15) is 12.3 Å². The van der Waals surface area contributed by atoms with E-state index in [2.05, 4.69) is 19.4 Å². The lowest BCUT2D eigenvalue weighted by Crippen LogP contribution is -2.61. The Morgan fingerprint density at radius 1 is 1.10 bits per heavy atom. The summed E-state index contributed by atoms with van der Waals surface area (Å²) in [5.74, 6) is -0.0823. The number of aliphatic hydroxyl groups is 1. The van der Waals surface area contributed by atoms with Crippen LogP contribution in [-0.4, -0.2) is 84.3 Å². The third-order valence-electron chi connectivity index (χ3n) is 5.99. The molecule has 0 radical (unpaired) electrons. The zero-order valence-electron chi connectivity index (χ0n) is 23.7. The van der Waals surface area contributed by atoms with Crippen molar-refractivity contribution in [3.8, 4) is 0 Å². The number of rotatable bonds is 12. The van der Waals surface area contributed by atoms with Crippen molar-refractivity contribution >= 4 is 43.1 Å². The molecular formula is C26H37N5O8S2. The molecule has 1 heterocycles. The Bertz CT molecular complexity index is 1570.